The Morgan fingerprint density at radius 2 is 1.89 bits per heavy atom. The maximum Gasteiger partial charge on any atom is 0.218 e. The van der Waals surface area contributed by atoms with Crippen molar-refractivity contribution in [3.05, 3.63) is 35.4 Å². The van der Waals surface area contributed by atoms with E-state index in [4.69, 9.17) is 11.6 Å². The van der Waals surface area contributed by atoms with Gasteiger partial charge in [-0.2, -0.15) is 4.31 Å². The lowest BCUT2D eigenvalue weighted by atomic mass is 10.2. The van der Waals surface area contributed by atoms with Crippen LogP contribution < -0.4 is 0 Å². The summed E-state index contributed by atoms with van der Waals surface area (Å²) in [6.07, 6.45) is 1.93. The van der Waals surface area contributed by atoms with Crippen molar-refractivity contribution in [2.24, 2.45) is 0 Å². The fourth-order valence-electron chi connectivity index (χ4n) is 2.34. The molecule has 1 aromatic rings. The van der Waals surface area contributed by atoms with Gasteiger partial charge in [-0.1, -0.05) is 24.3 Å². The Balaban J connectivity index is 2.11. The van der Waals surface area contributed by atoms with Gasteiger partial charge in [-0.05, 0) is 30.9 Å². The predicted molar refractivity (Wildman–Crippen MR) is 74.0 cm³/mol. The van der Waals surface area contributed by atoms with E-state index in [1.807, 2.05) is 31.2 Å². The molecule has 0 amide bonds. The van der Waals surface area contributed by atoms with Gasteiger partial charge in [-0.3, -0.25) is 0 Å². The van der Waals surface area contributed by atoms with Gasteiger partial charge in [0.05, 0.1) is 5.75 Å². The molecule has 0 bridgehead atoms. The van der Waals surface area contributed by atoms with Crippen molar-refractivity contribution >= 4 is 21.6 Å². The Bertz CT molecular complexity index is 498. The molecular formula is C13H18ClNO2S. The molecule has 0 aromatic heterocycles. The second-order valence-corrected chi connectivity index (χ2v) is 7.00. The van der Waals surface area contributed by atoms with Crippen molar-refractivity contribution in [2.45, 2.75) is 37.4 Å². The van der Waals surface area contributed by atoms with Crippen molar-refractivity contribution in [2.75, 3.05) is 6.54 Å². The zero-order valence-electron chi connectivity index (χ0n) is 10.5. The van der Waals surface area contributed by atoms with Crippen LogP contribution in [0.15, 0.2) is 24.3 Å². The zero-order valence-corrected chi connectivity index (χ0v) is 12.0. The van der Waals surface area contributed by atoms with E-state index in [1.165, 1.54) is 0 Å². The molecule has 0 N–H and O–H groups in total. The summed E-state index contributed by atoms with van der Waals surface area (Å²) in [6.45, 7) is 2.63. The van der Waals surface area contributed by atoms with Crippen molar-refractivity contribution in [1.29, 1.82) is 0 Å². The van der Waals surface area contributed by atoms with Crippen LogP contribution in [0.2, 0.25) is 0 Å². The number of hydrogen-bond acceptors (Lipinski definition) is 2. The predicted octanol–water partition coefficient (Wildman–Crippen LogP) is 2.74. The molecule has 0 spiro atoms. The molecule has 1 heterocycles. The Morgan fingerprint density at radius 1 is 1.28 bits per heavy atom. The van der Waals surface area contributed by atoms with Crippen LogP contribution in [0.1, 0.15) is 30.9 Å². The van der Waals surface area contributed by atoms with Crippen LogP contribution in [0, 0.1) is 0 Å². The summed E-state index contributed by atoms with van der Waals surface area (Å²) in [7, 11) is -3.18. The second-order valence-electron chi connectivity index (χ2n) is 4.81. The van der Waals surface area contributed by atoms with Gasteiger partial charge in [0.25, 0.3) is 0 Å². The molecule has 1 aliphatic rings. The largest absolute Gasteiger partial charge is 0.218 e. The fraction of sp³-hybridized carbons (Fsp3) is 0.538. The maximum absolute atomic E-state index is 12.3. The first kappa shape index (κ1) is 13.8. The summed E-state index contributed by atoms with van der Waals surface area (Å²) in [5.74, 6) is 0.538. The second kappa shape index (κ2) is 5.59. The minimum Gasteiger partial charge on any atom is -0.212 e. The maximum atomic E-state index is 12.3. The SMILES string of the molecule is CC1CCCN1S(=O)(=O)Cc1ccc(CCl)cc1. The quantitative estimate of drug-likeness (QED) is 0.799. The first-order chi connectivity index (χ1) is 8.53. The Kier molecular flexibility index (Phi) is 4.30. The van der Waals surface area contributed by atoms with Gasteiger partial charge in [0.15, 0.2) is 0 Å². The van der Waals surface area contributed by atoms with E-state index in [1.54, 1.807) is 4.31 Å². The average Bonchev–Trinajstić information content (AvgIpc) is 2.77. The van der Waals surface area contributed by atoms with Gasteiger partial charge in [0.2, 0.25) is 10.0 Å². The van der Waals surface area contributed by atoms with Crippen molar-refractivity contribution in [3.63, 3.8) is 0 Å². The molecule has 1 aliphatic heterocycles. The molecule has 0 aliphatic carbocycles. The van der Waals surface area contributed by atoms with E-state index in [-0.39, 0.29) is 11.8 Å². The molecule has 1 atom stereocenters. The van der Waals surface area contributed by atoms with Crippen molar-refractivity contribution in [3.8, 4) is 0 Å². The third kappa shape index (κ3) is 3.05. The number of benzene rings is 1. The average molecular weight is 288 g/mol. The molecule has 1 aromatic carbocycles. The van der Waals surface area contributed by atoms with Crippen LogP contribution in [0.5, 0.6) is 0 Å². The minimum atomic E-state index is -3.18. The number of nitrogens with zero attached hydrogens (tertiary/aromatic N) is 1. The lowest BCUT2D eigenvalue weighted by molar-refractivity contribution is 0.407. The summed E-state index contributed by atoms with van der Waals surface area (Å²) >= 11 is 5.71. The van der Waals surface area contributed by atoms with Crippen LogP contribution in [-0.4, -0.2) is 25.3 Å². The first-order valence-corrected chi connectivity index (χ1v) is 8.30. The van der Waals surface area contributed by atoms with E-state index in [0.29, 0.717) is 12.4 Å². The lowest BCUT2D eigenvalue weighted by Crippen LogP contribution is -2.34. The molecule has 1 saturated heterocycles. The number of alkyl halides is 1. The monoisotopic (exact) mass is 287 g/mol. The van der Waals surface area contributed by atoms with Gasteiger partial charge >= 0.3 is 0 Å². The molecule has 0 saturated carbocycles. The summed E-state index contributed by atoms with van der Waals surface area (Å²) in [6, 6.07) is 7.58. The van der Waals surface area contributed by atoms with Crippen LogP contribution in [-0.2, 0) is 21.7 Å². The van der Waals surface area contributed by atoms with E-state index in [0.717, 1.165) is 24.0 Å². The topological polar surface area (TPSA) is 37.4 Å². The highest BCUT2D eigenvalue weighted by atomic mass is 35.5. The number of hydrogen-bond donors (Lipinski definition) is 0. The number of rotatable bonds is 4. The fourth-order valence-corrected chi connectivity index (χ4v) is 4.36. The van der Waals surface area contributed by atoms with Crippen LogP contribution in [0.3, 0.4) is 0 Å². The first-order valence-electron chi connectivity index (χ1n) is 6.16. The molecule has 18 heavy (non-hydrogen) atoms. The molecule has 5 heteroatoms. The smallest absolute Gasteiger partial charge is 0.212 e. The van der Waals surface area contributed by atoms with Crippen LogP contribution in [0.4, 0.5) is 0 Å². The Hall–Kier alpha value is -0.580. The van der Waals surface area contributed by atoms with Gasteiger partial charge in [-0.25, -0.2) is 8.42 Å². The Morgan fingerprint density at radius 3 is 2.39 bits per heavy atom. The number of sulfonamides is 1. The van der Waals surface area contributed by atoms with E-state index >= 15 is 0 Å². The summed E-state index contributed by atoms with van der Waals surface area (Å²) in [5.41, 5.74) is 1.83. The van der Waals surface area contributed by atoms with Gasteiger partial charge < -0.3 is 0 Å². The van der Waals surface area contributed by atoms with Gasteiger partial charge in [0, 0.05) is 18.5 Å². The van der Waals surface area contributed by atoms with Gasteiger partial charge in [0.1, 0.15) is 0 Å². The Labute approximate surface area is 114 Å². The molecule has 3 nitrogen and oxygen atoms in total. The van der Waals surface area contributed by atoms with Crippen molar-refractivity contribution in [1.82, 2.24) is 4.31 Å². The molecule has 100 valence electrons. The zero-order chi connectivity index (χ0) is 13.2. The number of halogens is 1. The molecule has 2 rings (SSSR count). The van der Waals surface area contributed by atoms with E-state index < -0.39 is 10.0 Å². The molecular weight excluding hydrogens is 270 g/mol. The van der Waals surface area contributed by atoms with Gasteiger partial charge in [-0.15, -0.1) is 11.6 Å². The molecule has 1 unspecified atom stereocenters. The summed E-state index contributed by atoms with van der Waals surface area (Å²) in [5, 5.41) is 0. The summed E-state index contributed by atoms with van der Waals surface area (Å²) < 4.78 is 26.2. The van der Waals surface area contributed by atoms with Crippen molar-refractivity contribution < 1.29 is 8.42 Å². The van der Waals surface area contributed by atoms with E-state index in [2.05, 4.69) is 0 Å². The third-order valence-corrected chi connectivity index (χ3v) is 5.64. The highest BCUT2D eigenvalue weighted by Crippen LogP contribution is 2.23. The molecule has 0 radical (unpaired) electrons. The highest BCUT2D eigenvalue weighted by Gasteiger charge is 2.31. The van der Waals surface area contributed by atoms with Crippen LogP contribution in [0.25, 0.3) is 0 Å². The standard InChI is InChI=1S/C13H18ClNO2S/c1-11-3-2-8-15(11)18(16,17)10-13-6-4-12(9-14)5-7-13/h4-7,11H,2-3,8-10H2,1H3. The highest BCUT2D eigenvalue weighted by molar-refractivity contribution is 7.88. The lowest BCUT2D eigenvalue weighted by Gasteiger charge is -2.20. The van der Waals surface area contributed by atoms with E-state index in [9.17, 15) is 8.42 Å². The minimum absolute atomic E-state index is 0.0832. The molecule has 1 fully saturated rings. The van der Waals surface area contributed by atoms with Crippen LogP contribution >= 0.6 is 11.6 Å². The summed E-state index contributed by atoms with van der Waals surface area (Å²) in [4.78, 5) is 0. The third-order valence-electron chi connectivity index (χ3n) is 3.38. The normalized spacial score (nSPS) is 21.3.